The van der Waals surface area contributed by atoms with Crippen molar-refractivity contribution in [2.24, 2.45) is 5.92 Å². The monoisotopic (exact) mass is 273 g/mol. The van der Waals surface area contributed by atoms with E-state index in [0.717, 1.165) is 19.3 Å². The van der Waals surface area contributed by atoms with E-state index in [-0.39, 0.29) is 23.7 Å². The van der Waals surface area contributed by atoms with Gasteiger partial charge in [-0.3, -0.25) is 9.59 Å². The zero-order chi connectivity index (χ0) is 14.2. The van der Waals surface area contributed by atoms with Crippen molar-refractivity contribution in [3.05, 3.63) is 35.4 Å². The summed E-state index contributed by atoms with van der Waals surface area (Å²) in [5, 5.41) is 11.4. The van der Waals surface area contributed by atoms with Gasteiger partial charge in [0.25, 0.3) is 0 Å². The minimum Gasteiger partial charge on any atom is -0.481 e. The molecule has 0 aromatic heterocycles. The van der Waals surface area contributed by atoms with Gasteiger partial charge in [-0.2, -0.15) is 0 Å². The first-order chi connectivity index (χ1) is 9.63. The van der Waals surface area contributed by atoms with E-state index >= 15 is 0 Å². The molecule has 2 N–H and O–H groups in total. The molecule has 0 saturated heterocycles. The Morgan fingerprint density at radius 1 is 1.35 bits per heavy atom. The van der Waals surface area contributed by atoms with Crippen LogP contribution in [0.3, 0.4) is 0 Å². The standard InChI is InChI=1S/C16H19NO3/c18-14(19)6-3-9-17-15(20)13-10-16(13)8-7-11-4-1-2-5-12(11)16/h1-2,4-5,13H,3,6-10H2,(H,17,20)(H,18,19). The fraction of sp³-hybridized carbons (Fsp3) is 0.500. The number of carboxylic acid groups (broad SMARTS) is 1. The third-order valence-electron chi connectivity index (χ3n) is 4.65. The van der Waals surface area contributed by atoms with Crippen LogP contribution in [0.4, 0.5) is 0 Å². The number of hydrogen-bond donors (Lipinski definition) is 2. The van der Waals surface area contributed by atoms with Gasteiger partial charge in [-0.25, -0.2) is 0 Å². The Labute approximate surface area is 118 Å². The van der Waals surface area contributed by atoms with Crippen LogP contribution in [0.5, 0.6) is 0 Å². The zero-order valence-electron chi connectivity index (χ0n) is 11.4. The second kappa shape index (κ2) is 4.93. The molecular weight excluding hydrogens is 254 g/mol. The molecule has 2 aliphatic carbocycles. The Kier molecular flexibility index (Phi) is 3.24. The molecule has 1 aromatic rings. The lowest BCUT2D eigenvalue weighted by Gasteiger charge is -2.11. The van der Waals surface area contributed by atoms with E-state index in [0.29, 0.717) is 13.0 Å². The number of rotatable bonds is 5. The fourth-order valence-corrected chi connectivity index (χ4v) is 3.51. The van der Waals surface area contributed by atoms with Gasteiger partial charge in [-0.15, -0.1) is 0 Å². The lowest BCUT2D eigenvalue weighted by molar-refractivity contribution is -0.137. The van der Waals surface area contributed by atoms with Gasteiger partial charge in [0.15, 0.2) is 0 Å². The maximum absolute atomic E-state index is 12.2. The van der Waals surface area contributed by atoms with Crippen LogP contribution in [0.25, 0.3) is 0 Å². The van der Waals surface area contributed by atoms with E-state index in [2.05, 4.69) is 23.5 Å². The molecule has 1 fully saturated rings. The van der Waals surface area contributed by atoms with Crippen molar-refractivity contribution in [1.29, 1.82) is 0 Å². The van der Waals surface area contributed by atoms with Crippen molar-refractivity contribution in [2.45, 2.75) is 37.5 Å². The summed E-state index contributed by atoms with van der Waals surface area (Å²) in [4.78, 5) is 22.6. The molecule has 2 aliphatic rings. The molecule has 20 heavy (non-hydrogen) atoms. The van der Waals surface area contributed by atoms with Crippen LogP contribution in [0, 0.1) is 5.92 Å². The maximum atomic E-state index is 12.2. The molecule has 2 atom stereocenters. The van der Waals surface area contributed by atoms with Crippen molar-refractivity contribution in [3.8, 4) is 0 Å². The van der Waals surface area contributed by atoms with Crippen molar-refractivity contribution >= 4 is 11.9 Å². The topological polar surface area (TPSA) is 66.4 Å². The van der Waals surface area contributed by atoms with Gasteiger partial charge in [0.05, 0.1) is 0 Å². The largest absolute Gasteiger partial charge is 0.481 e. The first-order valence-corrected chi connectivity index (χ1v) is 7.21. The molecule has 1 aromatic carbocycles. The van der Waals surface area contributed by atoms with Gasteiger partial charge < -0.3 is 10.4 Å². The molecule has 0 radical (unpaired) electrons. The summed E-state index contributed by atoms with van der Waals surface area (Å²) in [7, 11) is 0. The lowest BCUT2D eigenvalue weighted by atomic mass is 9.95. The first-order valence-electron chi connectivity index (χ1n) is 7.21. The number of aryl methyl sites for hydroxylation is 1. The highest BCUT2D eigenvalue weighted by molar-refractivity contribution is 5.85. The summed E-state index contributed by atoms with van der Waals surface area (Å²) in [6, 6.07) is 8.41. The summed E-state index contributed by atoms with van der Waals surface area (Å²) < 4.78 is 0. The molecule has 106 valence electrons. The summed E-state index contributed by atoms with van der Waals surface area (Å²) in [6.07, 6.45) is 3.68. The van der Waals surface area contributed by atoms with Crippen LogP contribution in [-0.4, -0.2) is 23.5 Å². The van der Waals surface area contributed by atoms with Gasteiger partial charge in [0.2, 0.25) is 5.91 Å². The molecule has 1 saturated carbocycles. The number of carbonyl (C=O) groups is 2. The van der Waals surface area contributed by atoms with Gasteiger partial charge in [-0.1, -0.05) is 24.3 Å². The normalized spacial score (nSPS) is 26.3. The minimum absolute atomic E-state index is 0.0769. The van der Waals surface area contributed by atoms with Crippen LogP contribution in [-0.2, 0) is 21.4 Å². The molecule has 1 spiro atoms. The van der Waals surface area contributed by atoms with Crippen LogP contribution >= 0.6 is 0 Å². The molecule has 4 heteroatoms. The van der Waals surface area contributed by atoms with Crippen molar-refractivity contribution < 1.29 is 14.7 Å². The third kappa shape index (κ3) is 2.19. The van der Waals surface area contributed by atoms with Crippen LogP contribution < -0.4 is 5.32 Å². The number of amides is 1. The average molecular weight is 273 g/mol. The van der Waals surface area contributed by atoms with Crippen molar-refractivity contribution in [3.63, 3.8) is 0 Å². The molecule has 4 nitrogen and oxygen atoms in total. The Morgan fingerprint density at radius 3 is 2.95 bits per heavy atom. The fourth-order valence-electron chi connectivity index (χ4n) is 3.51. The predicted molar refractivity (Wildman–Crippen MR) is 74.4 cm³/mol. The maximum Gasteiger partial charge on any atom is 0.303 e. The highest BCUT2D eigenvalue weighted by atomic mass is 16.4. The highest BCUT2D eigenvalue weighted by Crippen LogP contribution is 2.61. The number of nitrogens with one attached hydrogen (secondary N) is 1. The van der Waals surface area contributed by atoms with E-state index < -0.39 is 5.97 Å². The number of carboxylic acids is 1. The summed E-state index contributed by atoms with van der Waals surface area (Å²) in [5.41, 5.74) is 2.81. The Bertz CT molecular complexity index is 554. The van der Waals surface area contributed by atoms with Crippen LogP contribution in [0.1, 0.15) is 36.8 Å². The van der Waals surface area contributed by atoms with E-state index in [4.69, 9.17) is 5.11 Å². The van der Waals surface area contributed by atoms with Gasteiger partial charge in [0, 0.05) is 24.3 Å². The van der Waals surface area contributed by atoms with Crippen LogP contribution in [0.2, 0.25) is 0 Å². The summed E-state index contributed by atoms with van der Waals surface area (Å²) in [5.74, 6) is -0.644. The van der Waals surface area contributed by atoms with E-state index in [9.17, 15) is 9.59 Å². The van der Waals surface area contributed by atoms with Crippen LogP contribution in [0.15, 0.2) is 24.3 Å². The lowest BCUT2D eigenvalue weighted by Crippen LogP contribution is -2.29. The summed E-state index contributed by atoms with van der Waals surface area (Å²) >= 11 is 0. The smallest absolute Gasteiger partial charge is 0.303 e. The van der Waals surface area contributed by atoms with Gasteiger partial charge >= 0.3 is 5.97 Å². The number of fused-ring (bicyclic) bond motifs is 2. The Morgan fingerprint density at radius 2 is 2.15 bits per heavy atom. The number of carbonyl (C=O) groups excluding carboxylic acids is 1. The van der Waals surface area contributed by atoms with Crippen molar-refractivity contribution in [1.82, 2.24) is 5.32 Å². The number of benzene rings is 1. The average Bonchev–Trinajstić information content (AvgIpc) is 3.05. The van der Waals surface area contributed by atoms with E-state index in [1.165, 1.54) is 11.1 Å². The second-order valence-corrected chi connectivity index (χ2v) is 5.86. The number of aliphatic carboxylic acids is 1. The molecule has 0 heterocycles. The quantitative estimate of drug-likeness (QED) is 0.805. The van der Waals surface area contributed by atoms with E-state index in [1.54, 1.807) is 0 Å². The molecule has 0 aliphatic heterocycles. The number of hydrogen-bond acceptors (Lipinski definition) is 2. The Balaban J connectivity index is 1.57. The molecule has 0 bridgehead atoms. The van der Waals surface area contributed by atoms with Gasteiger partial charge in [0.1, 0.15) is 0 Å². The minimum atomic E-state index is -0.813. The van der Waals surface area contributed by atoms with Crippen molar-refractivity contribution in [2.75, 3.05) is 6.54 Å². The van der Waals surface area contributed by atoms with Gasteiger partial charge in [-0.05, 0) is 36.8 Å². The second-order valence-electron chi connectivity index (χ2n) is 5.86. The molecule has 1 amide bonds. The Hall–Kier alpha value is -1.84. The molecule has 3 rings (SSSR count). The predicted octanol–water partition coefficient (Wildman–Crippen LogP) is 1.87. The first kappa shape index (κ1) is 13.2. The molecule has 2 unspecified atom stereocenters. The van der Waals surface area contributed by atoms with E-state index in [1.807, 2.05) is 6.07 Å². The third-order valence-corrected chi connectivity index (χ3v) is 4.65. The summed E-state index contributed by atoms with van der Waals surface area (Å²) in [6.45, 7) is 0.458. The zero-order valence-corrected chi connectivity index (χ0v) is 11.4. The highest BCUT2D eigenvalue weighted by Gasteiger charge is 2.61. The SMILES string of the molecule is O=C(O)CCCNC(=O)C1CC12CCc1ccccc12. The molecular formula is C16H19NO3.